The van der Waals surface area contributed by atoms with Crippen molar-refractivity contribution < 1.29 is 0 Å². The van der Waals surface area contributed by atoms with Gasteiger partial charge in [-0.3, -0.25) is 0 Å². The molecule has 2 fully saturated rings. The second-order valence-electron chi connectivity index (χ2n) is 8.61. The van der Waals surface area contributed by atoms with Crippen LogP contribution >= 0.6 is 23.8 Å². The molecule has 0 amide bonds. The Balaban J connectivity index is 1.35. The predicted molar refractivity (Wildman–Crippen MR) is 131 cm³/mol. The van der Waals surface area contributed by atoms with Crippen molar-refractivity contribution >= 4 is 40.4 Å². The monoisotopic (exact) mass is 442 g/mol. The summed E-state index contributed by atoms with van der Waals surface area (Å²) in [7, 11) is 0. The zero-order valence-electron chi connectivity index (χ0n) is 17.5. The van der Waals surface area contributed by atoms with E-state index in [0.717, 1.165) is 49.0 Å². The topological polar surface area (TPSA) is 40.2 Å². The highest BCUT2D eigenvalue weighted by atomic mass is 35.5. The maximum Gasteiger partial charge on any atom is 0.170 e. The average molecular weight is 443 g/mol. The van der Waals surface area contributed by atoms with Crippen LogP contribution in [0.4, 0.5) is 11.5 Å². The molecule has 2 heterocycles. The molecule has 160 valence electrons. The highest BCUT2D eigenvalue weighted by molar-refractivity contribution is 7.80. The minimum atomic E-state index is 0.103. The number of halogens is 1. The molecule has 0 bridgehead atoms. The summed E-state index contributed by atoms with van der Waals surface area (Å²) in [5.41, 5.74) is 2.34. The van der Waals surface area contributed by atoms with E-state index in [1.807, 2.05) is 18.3 Å². The molecule has 0 radical (unpaired) electrons. The summed E-state index contributed by atoms with van der Waals surface area (Å²) in [5, 5.41) is 8.21. The van der Waals surface area contributed by atoms with Crippen molar-refractivity contribution in [2.45, 2.75) is 56.8 Å². The van der Waals surface area contributed by atoms with Crippen molar-refractivity contribution in [3.8, 4) is 0 Å². The Kier molecular flexibility index (Phi) is 7.11. The molecule has 6 heteroatoms. The largest absolute Gasteiger partial charge is 0.362 e. The van der Waals surface area contributed by atoms with Gasteiger partial charge in [-0.2, -0.15) is 0 Å². The van der Waals surface area contributed by atoms with Gasteiger partial charge < -0.3 is 15.5 Å². The van der Waals surface area contributed by atoms with E-state index >= 15 is 0 Å². The fourth-order valence-electron chi connectivity index (χ4n) is 4.81. The summed E-state index contributed by atoms with van der Waals surface area (Å²) < 4.78 is 0. The van der Waals surface area contributed by atoms with Gasteiger partial charge in [0.2, 0.25) is 0 Å². The van der Waals surface area contributed by atoms with Gasteiger partial charge in [-0.25, -0.2) is 4.98 Å². The fourth-order valence-corrected chi connectivity index (χ4v) is 5.19. The minimum Gasteiger partial charge on any atom is -0.362 e. The van der Waals surface area contributed by atoms with Crippen LogP contribution in [0.5, 0.6) is 0 Å². The van der Waals surface area contributed by atoms with Gasteiger partial charge in [-0.15, -0.1) is 0 Å². The molecule has 1 aliphatic carbocycles. The Hall–Kier alpha value is -1.85. The quantitative estimate of drug-likeness (QED) is 0.563. The number of nitrogens with zero attached hydrogens (tertiary/aromatic N) is 2. The minimum absolute atomic E-state index is 0.103. The lowest BCUT2D eigenvalue weighted by molar-refractivity contribution is 0.435. The summed E-state index contributed by atoms with van der Waals surface area (Å²) in [5.74, 6) is 1.06. The molecule has 0 spiro atoms. The number of aromatic nitrogens is 1. The first-order valence-corrected chi connectivity index (χ1v) is 12.0. The number of anilines is 2. The van der Waals surface area contributed by atoms with Crippen LogP contribution in [0.1, 0.15) is 56.9 Å². The Morgan fingerprint density at radius 2 is 1.80 bits per heavy atom. The zero-order valence-corrected chi connectivity index (χ0v) is 19.1. The lowest BCUT2D eigenvalue weighted by Gasteiger charge is -2.31. The highest BCUT2D eigenvalue weighted by Crippen LogP contribution is 2.41. The molecule has 2 aliphatic rings. The van der Waals surface area contributed by atoms with E-state index in [0.29, 0.717) is 5.11 Å². The third-order valence-corrected chi connectivity index (χ3v) is 7.00. The van der Waals surface area contributed by atoms with E-state index in [4.69, 9.17) is 23.8 Å². The van der Waals surface area contributed by atoms with Crippen molar-refractivity contribution in [2.24, 2.45) is 0 Å². The molecule has 1 aromatic carbocycles. The van der Waals surface area contributed by atoms with Crippen LogP contribution in [0.25, 0.3) is 0 Å². The van der Waals surface area contributed by atoms with Crippen LogP contribution in [0.3, 0.4) is 0 Å². The van der Waals surface area contributed by atoms with Crippen LogP contribution < -0.4 is 15.5 Å². The summed E-state index contributed by atoms with van der Waals surface area (Å²) in [6, 6.07) is 12.5. The number of rotatable bonds is 5. The number of thiocarbonyl (C=S) groups is 1. The van der Waals surface area contributed by atoms with Crippen molar-refractivity contribution in [3.63, 3.8) is 0 Å². The zero-order chi connectivity index (χ0) is 20.8. The number of hydrogen-bond acceptors (Lipinski definition) is 3. The maximum atomic E-state index is 6.26. The standard InChI is InChI=1S/C24H31ClN4S/c25-20-9-7-8-19(16-20)24(12-3-4-13-24)18-27-23(30)28-21-10-11-22(26-17-21)29-14-5-1-2-6-15-29/h7-11,16-17H,1-6,12-15,18H2,(H2,27,28,30). The lowest BCUT2D eigenvalue weighted by atomic mass is 9.79. The SMILES string of the molecule is S=C(NCC1(c2cccc(Cl)c2)CCCC1)Nc1ccc(N2CCCCCC2)nc1. The molecule has 2 N–H and O–H groups in total. The molecule has 0 atom stereocenters. The predicted octanol–water partition coefficient (Wildman–Crippen LogP) is 5.91. The summed E-state index contributed by atoms with van der Waals surface area (Å²) in [6.45, 7) is 3.02. The van der Waals surface area contributed by atoms with Gasteiger partial charge in [0.05, 0.1) is 11.9 Å². The number of hydrogen-bond donors (Lipinski definition) is 2. The van der Waals surface area contributed by atoms with E-state index in [1.165, 1.54) is 44.1 Å². The third kappa shape index (κ3) is 5.25. The molecule has 0 unspecified atom stereocenters. The van der Waals surface area contributed by atoms with Crippen molar-refractivity contribution in [3.05, 3.63) is 53.2 Å². The second-order valence-corrected chi connectivity index (χ2v) is 9.46. The van der Waals surface area contributed by atoms with Gasteiger partial charge in [-0.1, -0.05) is 49.4 Å². The third-order valence-electron chi connectivity index (χ3n) is 6.52. The van der Waals surface area contributed by atoms with E-state index in [1.54, 1.807) is 0 Å². The lowest BCUT2D eigenvalue weighted by Crippen LogP contribution is -2.40. The summed E-state index contributed by atoms with van der Waals surface area (Å²) >= 11 is 11.8. The summed E-state index contributed by atoms with van der Waals surface area (Å²) in [6.07, 6.45) is 11.9. The molecule has 4 nitrogen and oxygen atoms in total. The Morgan fingerprint density at radius 1 is 1.03 bits per heavy atom. The molecule has 30 heavy (non-hydrogen) atoms. The molecule has 1 saturated carbocycles. The van der Waals surface area contributed by atoms with Crippen LogP contribution in [-0.2, 0) is 5.41 Å². The van der Waals surface area contributed by atoms with E-state index in [-0.39, 0.29) is 5.41 Å². The molecule has 1 aromatic heterocycles. The first kappa shape index (κ1) is 21.4. The van der Waals surface area contributed by atoms with Crippen molar-refractivity contribution in [1.29, 1.82) is 0 Å². The molecule has 4 rings (SSSR count). The molecule has 1 saturated heterocycles. The van der Waals surface area contributed by atoms with E-state index in [9.17, 15) is 0 Å². The normalized spacial score (nSPS) is 18.6. The maximum absolute atomic E-state index is 6.26. The van der Waals surface area contributed by atoms with Gasteiger partial charge >= 0.3 is 0 Å². The first-order valence-electron chi connectivity index (χ1n) is 11.2. The van der Waals surface area contributed by atoms with E-state index < -0.39 is 0 Å². The van der Waals surface area contributed by atoms with Crippen LogP contribution in [-0.4, -0.2) is 29.7 Å². The Bertz CT molecular complexity index is 841. The van der Waals surface area contributed by atoms with Gasteiger partial charge in [0.25, 0.3) is 0 Å². The van der Waals surface area contributed by atoms with E-state index in [2.05, 4.69) is 44.8 Å². The summed E-state index contributed by atoms with van der Waals surface area (Å²) in [4.78, 5) is 7.06. The molecule has 2 aromatic rings. The Morgan fingerprint density at radius 3 is 2.47 bits per heavy atom. The van der Waals surface area contributed by atoms with Crippen molar-refractivity contribution in [2.75, 3.05) is 29.9 Å². The first-order chi connectivity index (χ1) is 14.6. The Labute approximate surface area is 190 Å². The van der Waals surface area contributed by atoms with Gasteiger partial charge in [-0.05, 0) is 67.7 Å². The molecular weight excluding hydrogens is 412 g/mol. The highest BCUT2D eigenvalue weighted by Gasteiger charge is 2.35. The van der Waals surface area contributed by atoms with Gasteiger partial charge in [0.1, 0.15) is 5.82 Å². The van der Waals surface area contributed by atoms with Crippen LogP contribution in [0.2, 0.25) is 5.02 Å². The fraction of sp³-hybridized carbons (Fsp3) is 0.500. The smallest absolute Gasteiger partial charge is 0.170 e. The van der Waals surface area contributed by atoms with Crippen molar-refractivity contribution in [1.82, 2.24) is 10.3 Å². The molecular formula is C24H31ClN4S. The number of benzene rings is 1. The van der Waals surface area contributed by atoms with Gasteiger partial charge in [0.15, 0.2) is 5.11 Å². The molecule has 1 aliphatic heterocycles. The second kappa shape index (κ2) is 9.97. The number of pyridine rings is 1. The van der Waals surface area contributed by atoms with Gasteiger partial charge in [0, 0.05) is 30.1 Å². The number of nitrogens with one attached hydrogen (secondary N) is 2. The average Bonchev–Trinajstić information content (AvgIpc) is 3.08. The van der Waals surface area contributed by atoms with Crippen LogP contribution in [0, 0.1) is 0 Å². The van der Waals surface area contributed by atoms with Crippen LogP contribution in [0.15, 0.2) is 42.6 Å².